The Bertz CT molecular complexity index is 386. The van der Waals surface area contributed by atoms with Crippen LogP contribution < -0.4 is 0 Å². The minimum atomic E-state index is -0.211. The number of nitriles is 1. The SMILES string of the molecule is CC.Cc1ccc(C2(C#N)CC2)cc1Cl. The highest BCUT2D eigenvalue weighted by atomic mass is 35.5. The van der Waals surface area contributed by atoms with Gasteiger partial charge < -0.3 is 0 Å². The summed E-state index contributed by atoms with van der Waals surface area (Å²) in [6.45, 7) is 5.97. The van der Waals surface area contributed by atoms with Crippen molar-refractivity contribution in [1.29, 1.82) is 5.26 Å². The van der Waals surface area contributed by atoms with Gasteiger partial charge in [-0.1, -0.05) is 37.6 Å². The Morgan fingerprint density at radius 3 is 2.33 bits per heavy atom. The second-order valence-corrected chi connectivity index (χ2v) is 4.07. The summed E-state index contributed by atoms with van der Waals surface area (Å²) in [6.07, 6.45) is 1.95. The fourth-order valence-corrected chi connectivity index (χ4v) is 1.66. The normalized spacial score (nSPS) is 15.9. The van der Waals surface area contributed by atoms with Gasteiger partial charge in [0.25, 0.3) is 0 Å². The van der Waals surface area contributed by atoms with E-state index in [1.807, 2.05) is 39.0 Å². The van der Waals surface area contributed by atoms with Crippen LogP contribution in [0.5, 0.6) is 0 Å². The first-order valence-electron chi connectivity index (χ1n) is 5.36. The van der Waals surface area contributed by atoms with Crippen molar-refractivity contribution < 1.29 is 0 Å². The molecule has 2 heteroatoms. The van der Waals surface area contributed by atoms with Crippen LogP contribution in [0.15, 0.2) is 18.2 Å². The molecule has 15 heavy (non-hydrogen) atoms. The summed E-state index contributed by atoms with van der Waals surface area (Å²) in [4.78, 5) is 0. The third kappa shape index (κ3) is 2.33. The second kappa shape index (κ2) is 4.68. The highest BCUT2D eigenvalue weighted by Gasteiger charge is 2.44. The monoisotopic (exact) mass is 221 g/mol. The van der Waals surface area contributed by atoms with Gasteiger partial charge in [-0.3, -0.25) is 0 Å². The summed E-state index contributed by atoms with van der Waals surface area (Å²) >= 11 is 6.00. The van der Waals surface area contributed by atoms with Crippen molar-refractivity contribution >= 4 is 11.6 Å². The fraction of sp³-hybridized carbons (Fsp3) is 0.462. The topological polar surface area (TPSA) is 23.8 Å². The van der Waals surface area contributed by atoms with Gasteiger partial charge in [-0.25, -0.2) is 0 Å². The first-order chi connectivity index (χ1) is 7.18. The number of hydrogen-bond acceptors (Lipinski definition) is 1. The highest BCUT2D eigenvalue weighted by Crippen LogP contribution is 2.48. The molecule has 0 aromatic heterocycles. The third-order valence-corrected chi connectivity index (χ3v) is 3.10. The maximum Gasteiger partial charge on any atom is 0.0824 e. The number of rotatable bonds is 1. The summed E-state index contributed by atoms with van der Waals surface area (Å²) in [6, 6.07) is 8.27. The zero-order valence-electron chi connectivity index (χ0n) is 9.47. The number of halogens is 1. The molecule has 1 aromatic carbocycles. The van der Waals surface area contributed by atoms with Crippen molar-refractivity contribution in [2.75, 3.05) is 0 Å². The van der Waals surface area contributed by atoms with Gasteiger partial charge in [0.15, 0.2) is 0 Å². The van der Waals surface area contributed by atoms with E-state index >= 15 is 0 Å². The highest BCUT2D eigenvalue weighted by molar-refractivity contribution is 6.31. The average molecular weight is 222 g/mol. The van der Waals surface area contributed by atoms with Crippen LogP contribution in [0.25, 0.3) is 0 Å². The molecule has 0 heterocycles. The average Bonchev–Trinajstić information content (AvgIpc) is 3.06. The standard InChI is InChI=1S/C11H10ClN.C2H6/c1-8-2-3-9(6-10(8)12)11(7-13)4-5-11;1-2/h2-3,6H,4-5H2,1H3;1-2H3. The van der Waals surface area contributed by atoms with E-state index in [2.05, 4.69) is 6.07 Å². The van der Waals surface area contributed by atoms with E-state index in [-0.39, 0.29) is 5.41 Å². The lowest BCUT2D eigenvalue weighted by atomic mass is 9.97. The lowest BCUT2D eigenvalue weighted by Crippen LogP contribution is -2.02. The van der Waals surface area contributed by atoms with E-state index in [4.69, 9.17) is 16.9 Å². The lowest BCUT2D eigenvalue weighted by Gasteiger charge is -2.07. The van der Waals surface area contributed by atoms with Gasteiger partial charge >= 0.3 is 0 Å². The summed E-state index contributed by atoms with van der Waals surface area (Å²) in [5, 5.41) is 9.74. The van der Waals surface area contributed by atoms with Crippen molar-refractivity contribution in [2.24, 2.45) is 0 Å². The molecule has 0 saturated heterocycles. The molecule has 0 atom stereocenters. The summed E-state index contributed by atoms with van der Waals surface area (Å²) in [5.74, 6) is 0. The van der Waals surface area contributed by atoms with Crippen LogP contribution >= 0.6 is 11.6 Å². The Hall–Kier alpha value is -1.00. The van der Waals surface area contributed by atoms with Crippen molar-refractivity contribution in [1.82, 2.24) is 0 Å². The first-order valence-corrected chi connectivity index (χ1v) is 5.74. The van der Waals surface area contributed by atoms with Gasteiger partial charge in [0.2, 0.25) is 0 Å². The molecule has 0 aliphatic heterocycles. The van der Waals surface area contributed by atoms with Crippen LogP contribution in [-0.4, -0.2) is 0 Å². The second-order valence-electron chi connectivity index (χ2n) is 3.66. The summed E-state index contributed by atoms with van der Waals surface area (Å²) in [7, 11) is 0. The third-order valence-electron chi connectivity index (χ3n) is 2.69. The molecular formula is C13H16ClN. The Labute approximate surface area is 96.7 Å². The van der Waals surface area contributed by atoms with E-state index in [1.54, 1.807) is 0 Å². The molecule has 0 amide bonds. The van der Waals surface area contributed by atoms with Gasteiger partial charge in [-0.05, 0) is 37.0 Å². The summed E-state index contributed by atoms with van der Waals surface area (Å²) in [5.41, 5.74) is 1.93. The quantitative estimate of drug-likeness (QED) is 0.696. The predicted octanol–water partition coefficient (Wildman–Crippen LogP) is 4.23. The fourth-order valence-electron chi connectivity index (χ4n) is 1.48. The van der Waals surface area contributed by atoms with Crippen LogP contribution in [0, 0.1) is 18.3 Å². The molecule has 1 aliphatic rings. The molecule has 0 radical (unpaired) electrons. The molecule has 0 unspecified atom stereocenters. The van der Waals surface area contributed by atoms with Crippen LogP contribution in [-0.2, 0) is 5.41 Å². The molecular weight excluding hydrogens is 206 g/mol. The largest absolute Gasteiger partial charge is 0.197 e. The van der Waals surface area contributed by atoms with E-state index < -0.39 is 0 Å². The molecule has 1 saturated carbocycles. The van der Waals surface area contributed by atoms with Crippen molar-refractivity contribution in [3.63, 3.8) is 0 Å². The van der Waals surface area contributed by atoms with Crippen molar-refractivity contribution in [3.05, 3.63) is 34.3 Å². The van der Waals surface area contributed by atoms with E-state index in [9.17, 15) is 0 Å². The Morgan fingerprint density at radius 1 is 1.33 bits per heavy atom. The smallest absolute Gasteiger partial charge is 0.0824 e. The van der Waals surface area contributed by atoms with Crippen LogP contribution in [0.2, 0.25) is 5.02 Å². The maximum atomic E-state index is 8.98. The molecule has 1 aliphatic carbocycles. The van der Waals surface area contributed by atoms with Crippen molar-refractivity contribution in [2.45, 2.75) is 39.0 Å². The molecule has 2 rings (SSSR count). The summed E-state index contributed by atoms with van der Waals surface area (Å²) < 4.78 is 0. The van der Waals surface area contributed by atoms with Gasteiger partial charge in [0, 0.05) is 5.02 Å². The maximum absolute atomic E-state index is 8.98. The van der Waals surface area contributed by atoms with Gasteiger partial charge in [-0.2, -0.15) is 5.26 Å². The Morgan fingerprint density at radius 2 is 1.93 bits per heavy atom. The molecule has 0 N–H and O–H groups in total. The van der Waals surface area contributed by atoms with E-state index in [0.29, 0.717) is 0 Å². The lowest BCUT2D eigenvalue weighted by molar-refractivity contribution is 0.907. The van der Waals surface area contributed by atoms with Gasteiger partial charge in [0.1, 0.15) is 0 Å². The first kappa shape index (κ1) is 12.1. The number of hydrogen-bond donors (Lipinski definition) is 0. The van der Waals surface area contributed by atoms with Crippen molar-refractivity contribution in [3.8, 4) is 6.07 Å². The zero-order valence-corrected chi connectivity index (χ0v) is 10.2. The molecule has 0 spiro atoms. The number of benzene rings is 1. The van der Waals surface area contributed by atoms with Gasteiger partial charge in [-0.15, -0.1) is 0 Å². The molecule has 1 aromatic rings. The van der Waals surface area contributed by atoms with Crippen LogP contribution in [0.3, 0.4) is 0 Å². The minimum absolute atomic E-state index is 0.211. The zero-order chi connectivity index (χ0) is 11.5. The van der Waals surface area contributed by atoms with Crippen LogP contribution in [0.4, 0.5) is 0 Å². The Balaban J connectivity index is 0.000000531. The number of aryl methyl sites for hydroxylation is 1. The Kier molecular flexibility index (Phi) is 3.77. The molecule has 1 fully saturated rings. The van der Waals surface area contributed by atoms with E-state index in [1.165, 1.54) is 0 Å². The number of nitrogens with zero attached hydrogens (tertiary/aromatic N) is 1. The van der Waals surface area contributed by atoms with Gasteiger partial charge in [0.05, 0.1) is 11.5 Å². The molecule has 1 nitrogen and oxygen atoms in total. The van der Waals surface area contributed by atoms with E-state index in [0.717, 1.165) is 29.0 Å². The molecule has 80 valence electrons. The molecule has 0 bridgehead atoms. The predicted molar refractivity (Wildman–Crippen MR) is 64.1 cm³/mol. The van der Waals surface area contributed by atoms with Crippen LogP contribution in [0.1, 0.15) is 37.8 Å². The minimum Gasteiger partial charge on any atom is -0.197 e.